The van der Waals surface area contributed by atoms with Crippen molar-refractivity contribution in [3.05, 3.63) is 11.8 Å². The smallest absolute Gasteiger partial charge is 0.336 e. The molecule has 1 unspecified atom stereocenters. The number of ether oxygens (including phenoxy) is 3. The van der Waals surface area contributed by atoms with Gasteiger partial charge in [0.1, 0.15) is 5.60 Å². The fraction of sp³-hybridized carbons (Fsp3) is 0.636. The van der Waals surface area contributed by atoms with Crippen LogP contribution in [0.15, 0.2) is 11.8 Å². The Bertz CT molecular complexity index is 320. The molecule has 0 spiro atoms. The van der Waals surface area contributed by atoms with Gasteiger partial charge < -0.3 is 14.2 Å². The lowest BCUT2D eigenvalue weighted by atomic mass is 9.94. The predicted molar refractivity (Wildman–Crippen MR) is 55.5 cm³/mol. The summed E-state index contributed by atoms with van der Waals surface area (Å²) < 4.78 is 14.5. The van der Waals surface area contributed by atoms with Gasteiger partial charge in [-0.15, -0.1) is 0 Å². The summed E-state index contributed by atoms with van der Waals surface area (Å²) in [6.45, 7) is 1.85. The van der Waals surface area contributed by atoms with E-state index in [4.69, 9.17) is 4.74 Å². The van der Waals surface area contributed by atoms with Gasteiger partial charge in [0.2, 0.25) is 0 Å². The number of methoxy groups -OCH3 is 2. The van der Waals surface area contributed by atoms with Crippen molar-refractivity contribution in [1.82, 2.24) is 0 Å². The Morgan fingerprint density at radius 1 is 1.44 bits per heavy atom. The van der Waals surface area contributed by atoms with E-state index in [-0.39, 0.29) is 18.4 Å². The Labute approximate surface area is 94.4 Å². The third-order valence-electron chi connectivity index (χ3n) is 2.58. The third kappa shape index (κ3) is 2.98. The lowest BCUT2D eigenvalue weighted by Gasteiger charge is -2.23. The van der Waals surface area contributed by atoms with Crippen LogP contribution in [0.1, 0.15) is 26.2 Å². The Morgan fingerprint density at radius 2 is 2.12 bits per heavy atom. The van der Waals surface area contributed by atoms with E-state index in [9.17, 15) is 9.59 Å². The summed E-state index contributed by atoms with van der Waals surface area (Å²) in [5.74, 6) is -0.668. The van der Waals surface area contributed by atoms with Gasteiger partial charge in [-0.3, -0.25) is 4.79 Å². The zero-order chi connectivity index (χ0) is 12.2. The molecule has 0 radical (unpaired) electrons. The van der Waals surface area contributed by atoms with Gasteiger partial charge in [0, 0.05) is 12.8 Å². The standard InChI is InChI=1S/C11H16O5/c1-11(5-4-9(12)14-2)6-8(7-16-11)10(13)15-3/h7H,4-6H2,1-3H3. The van der Waals surface area contributed by atoms with Crippen molar-refractivity contribution in [2.45, 2.75) is 31.8 Å². The number of esters is 2. The zero-order valence-electron chi connectivity index (χ0n) is 9.74. The minimum atomic E-state index is -0.516. The second-order valence-corrected chi connectivity index (χ2v) is 3.96. The van der Waals surface area contributed by atoms with E-state index in [1.165, 1.54) is 20.5 Å². The normalized spacial score (nSPS) is 23.3. The van der Waals surface area contributed by atoms with E-state index >= 15 is 0 Å². The molecule has 5 nitrogen and oxygen atoms in total. The molecule has 1 aliphatic heterocycles. The van der Waals surface area contributed by atoms with Crippen LogP contribution in [-0.2, 0) is 23.8 Å². The van der Waals surface area contributed by atoms with Crippen molar-refractivity contribution in [2.75, 3.05) is 14.2 Å². The molecule has 0 fully saturated rings. The molecular formula is C11H16O5. The van der Waals surface area contributed by atoms with Crippen molar-refractivity contribution in [2.24, 2.45) is 0 Å². The largest absolute Gasteiger partial charge is 0.494 e. The van der Waals surface area contributed by atoms with Crippen molar-refractivity contribution in [3.63, 3.8) is 0 Å². The number of carbonyl (C=O) groups is 2. The van der Waals surface area contributed by atoms with Gasteiger partial charge in [0.05, 0.1) is 26.1 Å². The second-order valence-electron chi connectivity index (χ2n) is 3.96. The zero-order valence-corrected chi connectivity index (χ0v) is 9.74. The van der Waals surface area contributed by atoms with E-state index in [2.05, 4.69) is 9.47 Å². The number of hydrogen-bond donors (Lipinski definition) is 0. The highest BCUT2D eigenvalue weighted by molar-refractivity contribution is 5.88. The summed E-state index contributed by atoms with van der Waals surface area (Å²) in [7, 11) is 2.67. The lowest BCUT2D eigenvalue weighted by molar-refractivity contribution is -0.141. The van der Waals surface area contributed by atoms with Crippen molar-refractivity contribution < 1.29 is 23.8 Å². The Hall–Kier alpha value is -1.52. The molecule has 0 amide bonds. The summed E-state index contributed by atoms with van der Waals surface area (Å²) in [5, 5.41) is 0. The first kappa shape index (κ1) is 12.5. The molecule has 16 heavy (non-hydrogen) atoms. The van der Waals surface area contributed by atoms with E-state index in [0.29, 0.717) is 18.4 Å². The first-order chi connectivity index (χ1) is 7.50. The van der Waals surface area contributed by atoms with Crippen LogP contribution >= 0.6 is 0 Å². The minimum Gasteiger partial charge on any atom is -0.494 e. The molecule has 0 aromatic rings. The van der Waals surface area contributed by atoms with Crippen molar-refractivity contribution in [3.8, 4) is 0 Å². The van der Waals surface area contributed by atoms with Gasteiger partial charge in [-0.2, -0.15) is 0 Å². The molecule has 1 rings (SSSR count). The van der Waals surface area contributed by atoms with Crippen LogP contribution in [0.25, 0.3) is 0 Å². The SMILES string of the molecule is COC(=O)CCC1(C)CC(C(=O)OC)=CO1. The summed E-state index contributed by atoms with van der Waals surface area (Å²) in [6, 6.07) is 0. The maximum Gasteiger partial charge on any atom is 0.336 e. The third-order valence-corrected chi connectivity index (χ3v) is 2.58. The van der Waals surface area contributed by atoms with E-state index in [1.807, 2.05) is 6.92 Å². The molecule has 1 aliphatic rings. The van der Waals surface area contributed by atoms with Crippen LogP contribution in [0.3, 0.4) is 0 Å². The monoisotopic (exact) mass is 228 g/mol. The van der Waals surface area contributed by atoms with E-state index in [1.54, 1.807) is 0 Å². The van der Waals surface area contributed by atoms with Crippen molar-refractivity contribution in [1.29, 1.82) is 0 Å². The predicted octanol–water partition coefficient (Wildman–Crippen LogP) is 1.18. The van der Waals surface area contributed by atoms with Gasteiger partial charge in [-0.1, -0.05) is 0 Å². The average Bonchev–Trinajstić information content (AvgIpc) is 2.68. The van der Waals surface area contributed by atoms with Crippen LogP contribution in [0.4, 0.5) is 0 Å². The van der Waals surface area contributed by atoms with Crippen molar-refractivity contribution >= 4 is 11.9 Å². The Balaban J connectivity index is 2.46. The van der Waals surface area contributed by atoms with E-state index < -0.39 is 5.60 Å². The fourth-order valence-electron chi connectivity index (χ4n) is 1.57. The number of hydrogen-bond acceptors (Lipinski definition) is 5. The highest BCUT2D eigenvalue weighted by Gasteiger charge is 2.35. The van der Waals surface area contributed by atoms with Crippen LogP contribution < -0.4 is 0 Å². The average molecular weight is 228 g/mol. The van der Waals surface area contributed by atoms with Gasteiger partial charge >= 0.3 is 11.9 Å². The Kier molecular flexibility index (Phi) is 3.93. The van der Waals surface area contributed by atoms with E-state index in [0.717, 1.165) is 0 Å². The van der Waals surface area contributed by atoms with Gasteiger partial charge in [0.15, 0.2) is 0 Å². The highest BCUT2D eigenvalue weighted by atomic mass is 16.5. The van der Waals surface area contributed by atoms with Gasteiger partial charge in [-0.25, -0.2) is 4.79 Å². The molecule has 90 valence electrons. The molecule has 0 aromatic carbocycles. The molecule has 0 N–H and O–H groups in total. The first-order valence-electron chi connectivity index (χ1n) is 5.03. The van der Waals surface area contributed by atoms with Crippen LogP contribution in [0.5, 0.6) is 0 Å². The molecule has 1 heterocycles. The van der Waals surface area contributed by atoms with Crippen LogP contribution in [0.2, 0.25) is 0 Å². The summed E-state index contributed by atoms with van der Waals surface area (Å²) >= 11 is 0. The highest BCUT2D eigenvalue weighted by Crippen LogP contribution is 2.33. The molecule has 5 heteroatoms. The maximum atomic E-state index is 11.2. The summed E-state index contributed by atoms with van der Waals surface area (Å²) in [6.07, 6.45) is 2.64. The fourth-order valence-corrected chi connectivity index (χ4v) is 1.57. The molecule has 0 aliphatic carbocycles. The molecule has 0 bridgehead atoms. The summed E-state index contributed by atoms with van der Waals surface area (Å²) in [5.41, 5.74) is -0.0209. The van der Waals surface area contributed by atoms with Gasteiger partial charge in [-0.05, 0) is 13.3 Å². The molecule has 0 aromatic heterocycles. The maximum absolute atomic E-state index is 11.2. The quantitative estimate of drug-likeness (QED) is 0.676. The Morgan fingerprint density at radius 3 is 2.69 bits per heavy atom. The molecule has 0 saturated heterocycles. The van der Waals surface area contributed by atoms with Gasteiger partial charge in [0.25, 0.3) is 0 Å². The second kappa shape index (κ2) is 5.01. The van der Waals surface area contributed by atoms with Crippen LogP contribution in [0, 0.1) is 0 Å². The lowest BCUT2D eigenvalue weighted by Crippen LogP contribution is -2.25. The molecule has 1 atom stereocenters. The molecular weight excluding hydrogens is 212 g/mol. The first-order valence-corrected chi connectivity index (χ1v) is 5.03. The minimum absolute atomic E-state index is 0.273. The molecule has 0 saturated carbocycles. The topological polar surface area (TPSA) is 61.8 Å². The number of carbonyl (C=O) groups excluding carboxylic acids is 2. The van der Waals surface area contributed by atoms with Crippen LogP contribution in [-0.4, -0.2) is 31.8 Å². The number of rotatable bonds is 4. The summed E-state index contributed by atoms with van der Waals surface area (Å²) in [4.78, 5) is 22.2.